The van der Waals surface area contributed by atoms with E-state index in [9.17, 15) is 18.0 Å². The van der Waals surface area contributed by atoms with Crippen molar-refractivity contribution >= 4 is 21.8 Å². The number of hydrogen-bond acceptors (Lipinski definition) is 7. The zero-order chi connectivity index (χ0) is 25.8. The number of methoxy groups -OCH3 is 2. The van der Waals surface area contributed by atoms with E-state index in [1.54, 1.807) is 0 Å². The molecule has 4 aliphatic rings. The van der Waals surface area contributed by atoms with E-state index in [4.69, 9.17) is 19.3 Å². The number of nitrogens with two attached hydrogens (primary N) is 1. The number of ketones is 1. The van der Waals surface area contributed by atoms with Crippen LogP contribution in [0.1, 0.15) is 68.6 Å². The molecule has 0 aliphatic heterocycles. The summed E-state index contributed by atoms with van der Waals surface area (Å²) in [6.07, 6.45) is 9.15. The lowest BCUT2D eigenvalue weighted by Crippen LogP contribution is -2.48. The van der Waals surface area contributed by atoms with Gasteiger partial charge in [-0.15, -0.1) is 0 Å². The van der Waals surface area contributed by atoms with Crippen LogP contribution in [0.15, 0.2) is 28.7 Å². The Kier molecular flexibility index (Phi) is 6.44. The van der Waals surface area contributed by atoms with E-state index in [0.29, 0.717) is 30.1 Å². The summed E-state index contributed by atoms with van der Waals surface area (Å²) >= 11 is 0. The Morgan fingerprint density at radius 2 is 1.81 bits per heavy atom. The predicted molar refractivity (Wildman–Crippen MR) is 132 cm³/mol. The highest BCUT2D eigenvalue weighted by atomic mass is 32.2. The van der Waals surface area contributed by atoms with Crippen molar-refractivity contribution in [3.63, 3.8) is 0 Å². The second kappa shape index (κ2) is 9.17. The molecule has 0 bridgehead atoms. The predicted octanol–water partition coefficient (Wildman–Crippen LogP) is 4.02. The molecule has 1 aromatic rings. The molecule has 9 heteroatoms. The van der Waals surface area contributed by atoms with Gasteiger partial charge in [-0.2, -0.15) is 0 Å². The monoisotopic (exact) mass is 517 g/mol. The lowest BCUT2D eigenvalue weighted by Gasteiger charge is -2.53. The number of benzene rings is 1. The van der Waals surface area contributed by atoms with Crippen molar-refractivity contribution < 1.29 is 32.2 Å². The van der Waals surface area contributed by atoms with Gasteiger partial charge in [0.05, 0.1) is 19.1 Å². The number of allylic oxidation sites excluding steroid dienone is 1. The number of carbonyl (C=O) groups excluding carboxylic acids is 2. The van der Waals surface area contributed by atoms with E-state index in [-0.39, 0.29) is 39.3 Å². The molecule has 0 radical (unpaired) electrons. The molecule has 8 nitrogen and oxygen atoms in total. The lowest BCUT2D eigenvalue weighted by molar-refractivity contribution is -0.116. The fourth-order valence-electron chi connectivity index (χ4n) is 7.77. The van der Waals surface area contributed by atoms with Crippen LogP contribution in [-0.2, 0) is 19.6 Å². The quantitative estimate of drug-likeness (QED) is 0.586. The van der Waals surface area contributed by atoms with E-state index in [1.165, 1.54) is 31.9 Å². The Bertz CT molecular complexity index is 1220. The molecule has 4 aliphatic carbocycles. The smallest absolute Gasteiger partial charge is 0.342 e. The van der Waals surface area contributed by atoms with Gasteiger partial charge in [-0.25, -0.2) is 18.4 Å². The number of ether oxygens (including phenoxy) is 3. The molecule has 0 saturated heterocycles. The van der Waals surface area contributed by atoms with Crippen LogP contribution >= 0.6 is 0 Å². The molecule has 0 heterocycles. The maximum absolute atomic E-state index is 13.4. The molecular weight excluding hydrogens is 482 g/mol. The third-order valence-electron chi connectivity index (χ3n) is 9.46. The zero-order valence-electron chi connectivity index (χ0n) is 21.1. The summed E-state index contributed by atoms with van der Waals surface area (Å²) in [7, 11) is -1.31. The molecule has 5 rings (SSSR count). The van der Waals surface area contributed by atoms with Crippen molar-refractivity contribution in [2.45, 2.75) is 69.3 Å². The summed E-state index contributed by atoms with van der Waals surface area (Å²) < 4.78 is 40.8. The largest absolute Gasteiger partial charge is 0.493 e. The van der Waals surface area contributed by atoms with Gasteiger partial charge in [0.1, 0.15) is 11.7 Å². The molecule has 3 saturated carbocycles. The van der Waals surface area contributed by atoms with Gasteiger partial charge in [0.25, 0.3) is 0 Å². The normalized spacial score (nSPS) is 33.6. The number of sulfonamides is 1. The fourth-order valence-corrected chi connectivity index (χ4v) is 8.33. The van der Waals surface area contributed by atoms with Crippen LogP contribution in [0.2, 0.25) is 0 Å². The van der Waals surface area contributed by atoms with Gasteiger partial charge >= 0.3 is 5.97 Å². The van der Waals surface area contributed by atoms with Gasteiger partial charge in [-0.05, 0) is 80.8 Å². The first-order valence-electron chi connectivity index (χ1n) is 12.8. The molecular formula is C27H35NO7S. The molecule has 3 fully saturated rings. The fraction of sp³-hybridized carbons (Fsp3) is 0.630. The van der Waals surface area contributed by atoms with Gasteiger partial charge in [0.2, 0.25) is 10.0 Å². The molecule has 196 valence electrons. The Balaban J connectivity index is 1.39. The van der Waals surface area contributed by atoms with Crippen LogP contribution in [0.3, 0.4) is 0 Å². The van der Waals surface area contributed by atoms with Crippen LogP contribution in [0.25, 0.3) is 0 Å². The first kappa shape index (κ1) is 25.3. The third kappa shape index (κ3) is 4.14. The highest BCUT2D eigenvalue weighted by Crippen LogP contribution is 2.62. The second-order valence-corrected chi connectivity index (χ2v) is 12.6. The summed E-state index contributed by atoms with van der Waals surface area (Å²) in [5.74, 6) is 2.01. The summed E-state index contributed by atoms with van der Waals surface area (Å²) in [4.78, 5) is 25.1. The Labute approximate surface area is 212 Å². The first-order chi connectivity index (χ1) is 17.1. The van der Waals surface area contributed by atoms with E-state index in [2.05, 4.69) is 6.92 Å². The molecule has 3 unspecified atom stereocenters. The average molecular weight is 518 g/mol. The Hall–Kier alpha value is -2.39. The van der Waals surface area contributed by atoms with Crippen LogP contribution in [0.5, 0.6) is 11.5 Å². The van der Waals surface area contributed by atoms with Crippen molar-refractivity contribution in [3.05, 3.63) is 29.3 Å². The molecule has 0 aromatic heterocycles. The molecule has 36 heavy (non-hydrogen) atoms. The Morgan fingerprint density at radius 1 is 1.03 bits per heavy atom. The van der Waals surface area contributed by atoms with Crippen LogP contribution in [0.4, 0.5) is 0 Å². The van der Waals surface area contributed by atoms with Crippen molar-refractivity contribution in [1.82, 2.24) is 0 Å². The molecule has 1 aromatic carbocycles. The topological polar surface area (TPSA) is 122 Å². The van der Waals surface area contributed by atoms with Gasteiger partial charge in [0, 0.05) is 17.9 Å². The molecule has 0 amide bonds. The van der Waals surface area contributed by atoms with E-state index < -0.39 is 16.0 Å². The maximum Gasteiger partial charge on any atom is 0.342 e. The number of hydrogen-bond donors (Lipinski definition) is 1. The van der Waals surface area contributed by atoms with Crippen LogP contribution in [-0.4, -0.2) is 40.5 Å². The standard InChI is InChI=1S/C27H35NO7S/c1-27-11-10-19-18-7-5-16(29)12-15(18)4-6-20(19)22(27)8-9-24(27)35-26(30)21-13-17(36(28,31)32)14-23(33-2)25(21)34-3/h12-14,18-20,22,24H,4-11H2,1-3H3,(H2,28,31,32)/t18-,19?,20?,22?,24-,27-/m0/s1. The lowest BCUT2D eigenvalue weighted by atomic mass is 9.52. The second-order valence-electron chi connectivity index (χ2n) is 11.1. The number of esters is 1. The van der Waals surface area contributed by atoms with Crippen LogP contribution < -0.4 is 14.6 Å². The minimum absolute atomic E-state index is 0.0130. The van der Waals surface area contributed by atoms with Gasteiger partial charge in [-0.3, -0.25) is 4.79 Å². The first-order valence-corrected chi connectivity index (χ1v) is 14.3. The number of rotatable bonds is 5. The number of primary sulfonamides is 1. The van der Waals surface area contributed by atoms with Crippen LogP contribution in [0, 0.1) is 29.1 Å². The van der Waals surface area contributed by atoms with E-state index >= 15 is 0 Å². The van der Waals surface area contributed by atoms with E-state index in [1.807, 2.05) is 6.08 Å². The highest BCUT2D eigenvalue weighted by molar-refractivity contribution is 7.89. The molecule has 2 N–H and O–H groups in total. The highest BCUT2D eigenvalue weighted by Gasteiger charge is 2.57. The van der Waals surface area contributed by atoms with Gasteiger partial charge < -0.3 is 14.2 Å². The summed E-state index contributed by atoms with van der Waals surface area (Å²) in [5, 5.41) is 5.33. The van der Waals surface area contributed by atoms with Gasteiger partial charge in [0.15, 0.2) is 17.3 Å². The average Bonchev–Trinajstić information content (AvgIpc) is 3.18. The Morgan fingerprint density at radius 3 is 2.50 bits per heavy atom. The molecule has 6 atom stereocenters. The van der Waals surface area contributed by atoms with E-state index in [0.717, 1.165) is 44.9 Å². The minimum atomic E-state index is -4.07. The third-order valence-corrected chi connectivity index (χ3v) is 10.4. The molecule has 0 spiro atoms. The SMILES string of the molecule is COc1cc(S(N)(=O)=O)cc(C(=O)O[C@H]2CCC3C4CCC5=CC(=O)CC[C@@H]5C4CC[C@@]32C)c1OC. The maximum atomic E-state index is 13.4. The van der Waals surface area contributed by atoms with Crippen molar-refractivity contribution in [2.75, 3.05) is 14.2 Å². The number of carbonyl (C=O) groups is 2. The minimum Gasteiger partial charge on any atom is -0.493 e. The van der Waals surface area contributed by atoms with Crippen molar-refractivity contribution in [2.24, 2.45) is 34.2 Å². The summed E-state index contributed by atoms with van der Waals surface area (Å²) in [6.45, 7) is 2.24. The van der Waals surface area contributed by atoms with Gasteiger partial charge in [-0.1, -0.05) is 12.5 Å². The zero-order valence-corrected chi connectivity index (χ0v) is 21.9. The summed E-state index contributed by atoms with van der Waals surface area (Å²) in [6, 6.07) is 2.44. The van der Waals surface area contributed by atoms with Crippen molar-refractivity contribution in [1.29, 1.82) is 0 Å². The number of fused-ring (bicyclic) bond motifs is 5. The summed E-state index contributed by atoms with van der Waals surface area (Å²) in [5.41, 5.74) is 1.20. The van der Waals surface area contributed by atoms with Crippen molar-refractivity contribution in [3.8, 4) is 11.5 Å².